The largest absolute Gasteiger partial charge is 0.462 e. The van der Waals surface area contributed by atoms with Crippen LogP contribution in [0, 0.1) is 13.8 Å². The van der Waals surface area contributed by atoms with Crippen LogP contribution in [0.15, 0.2) is 48.5 Å². The Labute approximate surface area is 214 Å². The molecule has 0 saturated heterocycles. The smallest absolute Gasteiger partial charge is 0.341 e. The van der Waals surface area contributed by atoms with Crippen molar-refractivity contribution in [1.29, 1.82) is 0 Å². The topological polar surface area (TPSA) is 60.3 Å². The van der Waals surface area contributed by atoms with Gasteiger partial charge in [-0.25, -0.2) is 4.79 Å². The van der Waals surface area contributed by atoms with Crippen LogP contribution in [0.4, 0.5) is 5.00 Å². The van der Waals surface area contributed by atoms with Crippen molar-refractivity contribution in [2.24, 2.45) is 0 Å². The number of thiophene rings is 1. The number of aromatic nitrogens is 1. The molecule has 0 aliphatic heterocycles. The molecular weight excluding hydrogens is 480 g/mol. The molecule has 0 atom stereocenters. The normalized spacial score (nSPS) is 11.1. The van der Waals surface area contributed by atoms with Crippen LogP contribution in [0.2, 0.25) is 5.02 Å². The summed E-state index contributed by atoms with van der Waals surface area (Å²) in [7, 11) is 0. The molecule has 5 nitrogen and oxygen atoms in total. The highest BCUT2D eigenvalue weighted by Crippen LogP contribution is 2.41. The van der Waals surface area contributed by atoms with Crippen LogP contribution in [0.25, 0.3) is 22.0 Å². The zero-order chi connectivity index (χ0) is 25.1. The van der Waals surface area contributed by atoms with E-state index in [1.165, 1.54) is 11.3 Å². The molecule has 35 heavy (non-hydrogen) atoms. The lowest BCUT2D eigenvalue weighted by Crippen LogP contribution is -2.19. The van der Waals surface area contributed by atoms with Gasteiger partial charge in [0.2, 0.25) is 0 Å². The maximum atomic E-state index is 13.7. The number of ether oxygens (including phenoxy) is 1. The maximum Gasteiger partial charge on any atom is 0.341 e. The predicted octanol–water partition coefficient (Wildman–Crippen LogP) is 7.87. The summed E-state index contributed by atoms with van der Waals surface area (Å²) >= 11 is 7.46. The van der Waals surface area contributed by atoms with Gasteiger partial charge in [-0.1, -0.05) is 55.3 Å². The number of amides is 1. The summed E-state index contributed by atoms with van der Waals surface area (Å²) in [6.07, 6.45) is 1.99. The summed E-state index contributed by atoms with van der Waals surface area (Å²) in [5.74, 6) is -0.690. The lowest BCUT2D eigenvalue weighted by molar-refractivity contribution is 0.0529. The quantitative estimate of drug-likeness (QED) is 0.246. The van der Waals surface area contributed by atoms with Crippen LogP contribution in [0.5, 0.6) is 0 Å². The molecule has 0 radical (unpaired) electrons. The van der Waals surface area contributed by atoms with Crippen LogP contribution >= 0.6 is 22.9 Å². The Balaban J connectivity index is 1.81. The number of aryl methyl sites for hydroxylation is 3. The van der Waals surface area contributed by atoms with E-state index in [-0.39, 0.29) is 12.5 Å². The molecule has 2 aromatic carbocycles. The number of nitrogens with zero attached hydrogens (tertiary/aromatic N) is 1. The minimum atomic E-state index is -0.458. The minimum Gasteiger partial charge on any atom is -0.462 e. The Bertz CT molecular complexity index is 1390. The lowest BCUT2D eigenvalue weighted by Gasteiger charge is -2.12. The van der Waals surface area contributed by atoms with Crippen molar-refractivity contribution in [3.63, 3.8) is 0 Å². The van der Waals surface area contributed by atoms with Gasteiger partial charge in [-0.2, -0.15) is 0 Å². The monoisotopic (exact) mass is 508 g/mol. The van der Waals surface area contributed by atoms with Crippen molar-refractivity contribution in [2.75, 3.05) is 11.9 Å². The van der Waals surface area contributed by atoms with Gasteiger partial charge in [0.1, 0.15) is 16.3 Å². The molecule has 4 aromatic rings. The van der Waals surface area contributed by atoms with Gasteiger partial charge in [0, 0.05) is 32.9 Å². The summed E-state index contributed by atoms with van der Waals surface area (Å²) in [5, 5.41) is 5.22. The van der Waals surface area contributed by atoms with Crippen LogP contribution < -0.4 is 5.32 Å². The molecule has 0 aliphatic rings. The molecule has 0 unspecified atom stereocenters. The highest BCUT2D eigenvalue weighted by molar-refractivity contribution is 7.17. The fourth-order valence-electron chi connectivity index (χ4n) is 4.48. The average Bonchev–Trinajstić information content (AvgIpc) is 3.32. The summed E-state index contributed by atoms with van der Waals surface area (Å²) in [6, 6.07) is 15.4. The van der Waals surface area contributed by atoms with E-state index in [1.54, 1.807) is 19.1 Å². The Hall–Kier alpha value is -3.09. The summed E-state index contributed by atoms with van der Waals surface area (Å²) < 4.78 is 7.48. The number of carbonyl (C=O) groups excluding carboxylic acids is 2. The lowest BCUT2D eigenvalue weighted by atomic mass is 10.0. The first-order chi connectivity index (χ1) is 16.9. The van der Waals surface area contributed by atoms with Gasteiger partial charge in [-0.05, 0) is 56.5 Å². The first-order valence-corrected chi connectivity index (χ1v) is 13.0. The van der Waals surface area contributed by atoms with E-state index in [1.807, 2.05) is 50.2 Å². The third kappa shape index (κ3) is 4.86. The Morgan fingerprint density at radius 3 is 2.46 bits per heavy atom. The molecule has 182 valence electrons. The molecule has 1 amide bonds. The van der Waals surface area contributed by atoms with E-state index in [4.69, 9.17) is 16.3 Å². The van der Waals surface area contributed by atoms with Gasteiger partial charge in [0.05, 0.1) is 6.61 Å². The van der Waals surface area contributed by atoms with Gasteiger partial charge >= 0.3 is 5.97 Å². The maximum absolute atomic E-state index is 13.7. The number of nitrogens with one attached hydrogen (secondary N) is 1. The first-order valence-electron chi connectivity index (χ1n) is 11.8. The van der Waals surface area contributed by atoms with E-state index in [0.29, 0.717) is 21.3 Å². The van der Waals surface area contributed by atoms with Crippen molar-refractivity contribution >= 4 is 50.7 Å². The highest BCUT2D eigenvalue weighted by Gasteiger charge is 2.27. The number of para-hydroxylation sites is 1. The van der Waals surface area contributed by atoms with Gasteiger partial charge in [0.15, 0.2) is 0 Å². The second-order valence-electron chi connectivity index (χ2n) is 8.41. The number of halogens is 1. The Kier molecular flexibility index (Phi) is 7.63. The van der Waals surface area contributed by atoms with E-state index >= 15 is 0 Å². The number of esters is 1. The van der Waals surface area contributed by atoms with E-state index < -0.39 is 5.97 Å². The van der Waals surface area contributed by atoms with E-state index in [9.17, 15) is 9.59 Å². The third-order valence-corrected chi connectivity index (χ3v) is 7.37. The molecule has 0 aliphatic carbocycles. The number of rotatable bonds is 8. The summed E-state index contributed by atoms with van der Waals surface area (Å²) in [5.41, 5.74) is 4.56. The molecule has 1 N–H and O–H groups in total. The molecule has 0 spiro atoms. The summed E-state index contributed by atoms with van der Waals surface area (Å²) in [6.45, 7) is 8.81. The number of hydrogen-bond donors (Lipinski definition) is 1. The number of unbranched alkanes of at least 4 members (excludes halogenated alkanes) is 1. The SMILES string of the molecule is CCCCn1c(C(=O)Nc2sc(C)c(-c3ccc(Cl)cc3)c2C(=O)OCC)c(C)c2ccccc21. The molecule has 0 fully saturated rings. The second-order valence-corrected chi connectivity index (χ2v) is 10.1. The molecule has 7 heteroatoms. The zero-order valence-corrected chi connectivity index (χ0v) is 22.0. The van der Waals surface area contributed by atoms with Crippen molar-refractivity contribution in [2.45, 2.75) is 47.1 Å². The molecule has 0 saturated carbocycles. The molecule has 0 bridgehead atoms. The summed E-state index contributed by atoms with van der Waals surface area (Å²) in [4.78, 5) is 27.7. The van der Waals surface area contributed by atoms with Gasteiger partial charge in [-0.15, -0.1) is 11.3 Å². The number of benzene rings is 2. The van der Waals surface area contributed by atoms with Crippen LogP contribution in [-0.2, 0) is 11.3 Å². The van der Waals surface area contributed by atoms with E-state index in [2.05, 4.69) is 16.8 Å². The fourth-order valence-corrected chi connectivity index (χ4v) is 5.66. The van der Waals surface area contributed by atoms with Gasteiger partial charge < -0.3 is 14.6 Å². The highest BCUT2D eigenvalue weighted by atomic mass is 35.5. The zero-order valence-electron chi connectivity index (χ0n) is 20.4. The first kappa shape index (κ1) is 25.0. The molecule has 2 aromatic heterocycles. The van der Waals surface area contributed by atoms with Crippen LogP contribution in [-0.4, -0.2) is 23.1 Å². The molecular formula is C28H29ClN2O3S. The molecule has 2 heterocycles. The van der Waals surface area contributed by atoms with Crippen molar-refractivity contribution in [3.05, 3.63) is 75.3 Å². The van der Waals surface area contributed by atoms with E-state index in [0.717, 1.165) is 51.9 Å². The van der Waals surface area contributed by atoms with Crippen LogP contribution in [0.3, 0.4) is 0 Å². The van der Waals surface area contributed by atoms with Crippen LogP contribution in [0.1, 0.15) is 58.0 Å². The average molecular weight is 509 g/mol. The van der Waals surface area contributed by atoms with Gasteiger partial charge in [-0.3, -0.25) is 4.79 Å². The third-order valence-electron chi connectivity index (χ3n) is 6.10. The second kappa shape index (κ2) is 10.7. The number of carbonyl (C=O) groups is 2. The molecule has 4 rings (SSSR count). The predicted molar refractivity (Wildman–Crippen MR) is 145 cm³/mol. The number of fused-ring (bicyclic) bond motifs is 1. The Morgan fingerprint density at radius 2 is 1.77 bits per heavy atom. The van der Waals surface area contributed by atoms with Crippen molar-refractivity contribution in [1.82, 2.24) is 4.57 Å². The fraction of sp³-hybridized carbons (Fsp3) is 0.286. The van der Waals surface area contributed by atoms with Crippen molar-refractivity contribution in [3.8, 4) is 11.1 Å². The van der Waals surface area contributed by atoms with Gasteiger partial charge in [0.25, 0.3) is 5.91 Å². The standard InChI is InChI=1S/C28H29ClN2O3S/c1-5-7-16-31-22-11-9-8-10-21(22)17(3)25(31)26(32)30-27-24(28(33)34-6-2)23(18(4)35-27)19-12-14-20(29)15-13-19/h8-15H,5-7,16H2,1-4H3,(H,30,32). The number of anilines is 1. The van der Waals surface area contributed by atoms with Crippen molar-refractivity contribution < 1.29 is 14.3 Å². The Morgan fingerprint density at radius 1 is 1.06 bits per heavy atom. The number of hydrogen-bond acceptors (Lipinski definition) is 4. The minimum absolute atomic E-state index is 0.232.